The number of thioether (sulfide) groups is 1. The van der Waals surface area contributed by atoms with Crippen LogP contribution in [0.25, 0.3) is 10.9 Å². The quantitative estimate of drug-likeness (QED) is 0.268. The van der Waals surface area contributed by atoms with Crippen molar-refractivity contribution >= 4 is 28.4 Å². The molecule has 9 heteroatoms. The van der Waals surface area contributed by atoms with E-state index in [2.05, 4.69) is 4.98 Å². The molecule has 0 fully saturated rings. The standard InChI is InChI=1S/C19H19N3O5S/c1-27-17-8-7-14(22(25)26)11-13(17)12-28-19-20-16-6-3-2-5-15(16)18(24)21(19)9-4-10-23/h2-3,5-8,11,23H,4,9-10,12H2,1H3. The molecule has 0 atom stereocenters. The Morgan fingerprint density at radius 1 is 1.29 bits per heavy atom. The number of nitrogens with zero attached hydrogens (tertiary/aromatic N) is 3. The number of nitro groups is 1. The molecule has 0 aliphatic carbocycles. The lowest BCUT2D eigenvalue weighted by molar-refractivity contribution is -0.384. The molecule has 0 amide bonds. The minimum absolute atomic E-state index is 0.0273. The van der Waals surface area contributed by atoms with Crippen LogP contribution in [-0.4, -0.2) is 33.3 Å². The molecule has 3 rings (SSSR count). The zero-order valence-corrected chi connectivity index (χ0v) is 16.0. The first-order valence-corrected chi connectivity index (χ1v) is 9.58. The molecule has 0 bridgehead atoms. The molecule has 0 saturated heterocycles. The number of methoxy groups -OCH3 is 1. The molecule has 1 aromatic heterocycles. The summed E-state index contributed by atoms with van der Waals surface area (Å²) in [4.78, 5) is 28.0. The minimum atomic E-state index is -0.459. The first-order chi connectivity index (χ1) is 13.5. The Kier molecular flexibility index (Phi) is 6.27. The molecule has 2 aromatic carbocycles. The van der Waals surface area contributed by atoms with Gasteiger partial charge in [0.2, 0.25) is 0 Å². The lowest BCUT2D eigenvalue weighted by Gasteiger charge is -2.13. The highest BCUT2D eigenvalue weighted by atomic mass is 32.2. The molecular weight excluding hydrogens is 382 g/mol. The predicted molar refractivity (Wildman–Crippen MR) is 107 cm³/mol. The summed E-state index contributed by atoms with van der Waals surface area (Å²) in [5.41, 5.74) is 1.02. The van der Waals surface area contributed by atoms with Crippen molar-refractivity contribution in [1.29, 1.82) is 0 Å². The first-order valence-electron chi connectivity index (χ1n) is 8.59. The van der Waals surface area contributed by atoms with Crippen molar-refractivity contribution in [3.8, 4) is 5.75 Å². The van der Waals surface area contributed by atoms with Gasteiger partial charge < -0.3 is 9.84 Å². The van der Waals surface area contributed by atoms with Crippen LogP contribution in [0.3, 0.4) is 0 Å². The monoisotopic (exact) mass is 401 g/mol. The summed E-state index contributed by atoms with van der Waals surface area (Å²) < 4.78 is 6.83. The molecule has 0 aliphatic heterocycles. The van der Waals surface area contributed by atoms with Gasteiger partial charge in [-0.3, -0.25) is 19.5 Å². The number of ether oxygens (including phenoxy) is 1. The van der Waals surface area contributed by atoms with Gasteiger partial charge in [0.15, 0.2) is 5.16 Å². The maximum atomic E-state index is 12.8. The van der Waals surface area contributed by atoms with E-state index in [0.717, 1.165) is 0 Å². The van der Waals surface area contributed by atoms with Crippen molar-refractivity contribution in [3.63, 3.8) is 0 Å². The fraction of sp³-hybridized carbons (Fsp3) is 0.263. The first kappa shape index (κ1) is 19.8. The summed E-state index contributed by atoms with van der Waals surface area (Å²) in [6, 6.07) is 11.5. The van der Waals surface area contributed by atoms with Crippen LogP contribution in [0.5, 0.6) is 5.75 Å². The van der Waals surface area contributed by atoms with Crippen LogP contribution in [0, 0.1) is 10.1 Å². The maximum absolute atomic E-state index is 12.8. The van der Waals surface area contributed by atoms with E-state index in [-0.39, 0.29) is 17.9 Å². The van der Waals surface area contributed by atoms with E-state index in [9.17, 15) is 14.9 Å². The molecule has 0 saturated carbocycles. The minimum Gasteiger partial charge on any atom is -0.496 e. The topological polar surface area (TPSA) is 107 Å². The van der Waals surface area contributed by atoms with E-state index in [4.69, 9.17) is 9.84 Å². The second-order valence-corrected chi connectivity index (χ2v) is 6.93. The second-order valence-electron chi connectivity index (χ2n) is 5.99. The molecular formula is C19H19N3O5S. The fourth-order valence-corrected chi connectivity index (χ4v) is 3.82. The average Bonchev–Trinajstić information content (AvgIpc) is 2.71. The zero-order chi connectivity index (χ0) is 20.1. The molecule has 0 radical (unpaired) electrons. The Labute approximate surface area is 164 Å². The van der Waals surface area contributed by atoms with Gasteiger partial charge in [-0.15, -0.1) is 0 Å². The molecule has 3 aromatic rings. The third-order valence-electron chi connectivity index (χ3n) is 4.20. The molecule has 8 nitrogen and oxygen atoms in total. The second kappa shape index (κ2) is 8.85. The summed E-state index contributed by atoms with van der Waals surface area (Å²) >= 11 is 1.30. The Morgan fingerprint density at radius 2 is 2.07 bits per heavy atom. The molecule has 0 aliphatic rings. The van der Waals surface area contributed by atoms with Crippen molar-refractivity contribution < 1.29 is 14.8 Å². The van der Waals surface area contributed by atoms with E-state index in [1.54, 1.807) is 24.3 Å². The van der Waals surface area contributed by atoms with Crippen molar-refractivity contribution in [2.75, 3.05) is 13.7 Å². The lowest BCUT2D eigenvalue weighted by Crippen LogP contribution is -2.24. The number of hydrogen-bond acceptors (Lipinski definition) is 7. The van der Waals surface area contributed by atoms with Crippen LogP contribution in [0.4, 0.5) is 5.69 Å². The van der Waals surface area contributed by atoms with E-state index in [0.29, 0.717) is 46.1 Å². The Balaban J connectivity index is 1.99. The van der Waals surface area contributed by atoms with Crippen molar-refractivity contribution in [1.82, 2.24) is 9.55 Å². The zero-order valence-electron chi connectivity index (χ0n) is 15.2. The van der Waals surface area contributed by atoms with Gasteiger partial charge in [-0.25, -0.2) is 4.98 Å². The summed E-state index contributed by atoms with van der Waals surface area (Å²) in [6.45, 7) is 0.295. The molecule has 1 N–H and O–H groups in total. The molecule has 0 spiro atoms. The third-order valence-corrected chi connectivity index (χ3v) is 5.22. The third kappa shape index (κ3) is 4.15. The number of aliphatic hydroxyl groups excluding tert-OH is 1. The van der Waals surface area contributed by atoms with Crippen LogP contribution in [0.1, 0.15) is 12.0 Å². The van der Waals surface area contributed by atoms with E-state index in [1.807, 2.05) is 6.07 Å². The smallest absolute Gasteiger partial charge is 0.270 e. The van der Waals surface area contributed by atoms with Gasteiger partial charge in [-0.1, -0.05) is 23.9 Å². The van der Waals surface area contributed by atoms with Crippen LogP contribution >= 0.6 is 11.8 Å². The van der Waals surface area contributed by atoms with E-state index >= 15 is 0 Å². The number of non-ortho nitro benzene ring substituents is 1. The van der Waals surface area contributed by atoms with Gasteiger partial charge >= 0.3 is 0 Å². The number of benzene rings is 2. The highest BCUT2D eigenvalue weighted by molar-refractivity contribution is 7.98. The average molecular weight is 401 g/mol. The van der Waals surface area contributed by atoms with Gasteiger partial charge in [0, 0.05) is 36.6 Å². The normalized spacial score (nSPS) is 10.9. The van der Waals surface area contributed by atoms with Crippen LogP contribution in [0.2, 0.25) is 0 Å². The van der Waals surface area contributed by atoms with Gasteiger partial charge in [0.05, 0.1) is 22.9 Å². The van der Waals surface area contributed by atoms with Gasteiger partial charge in [-0.05, 0) is 24.6 Å². The number of aliphatic hydroxyl groups is 1. The predicted octanol–water partition coefficient (Wildman–Crippen LogP) is 2.99. The summed E-state index contributed by atoms with van der Waals surface area (Å²) in [6.07, 6.45) is 0.424. The van der Waals surface area contributed by atoms with Crippen molar-refractivity contribution in [3.05, 3.63) is 68.5 Å². The number of fused-ring (bicyclic) bond motifs is 1. The van der Waals surface area contributed by atoms with E-state index in [1.165, 1.54) is 35.6 Å². The summed E-state index contributed by atoms with van der Waals surface area (Å²) in [5.74, 6) is 0.873. The largest absolute Gasteiger partial charge is 0.496 e. The van der Waals surface area contributed by atoms with Gasteiger partial charge in [-0.2, -0.15) is 0 Å². The maximum Gasteiger partial charge on any atom is 0.270 e. The van der Waals surface area contributed by atoms with Crippen LogP contribution in [-0.2, 0) is 12.3 Å². The molecule has 0 unspecified atom stereocenters. The lowest BCUT2D eigenvalue weighted by atomic mass is 10.2. The van der Waals surface area contributed by atoms with E-state index < -0.39 is 4.92 Å². The highest BCUT2D eigenvalue weighted by Crippen LogP contribution is 2.30. The van der Waals surface area contributed by atoms with Crippen LogP contribution in [0.15, 0.2) is 52.4 Å². The van der Waals surface area contributed by atoms with Crippen molar-refractivity contribution in [2.45, 2.75) is 23.9 Å². The summed E-state index contributed by atoms with van der Waals surface area (Å²) in [5, 5.41) is 21.2. The Bertz CT molecular complexity index is 1070. The number of rotatable bonds is 8. The van der Waals surface area contributed by atoms with Gasteiger partial charge in [0.1, 0.15) is 5.75 Å². The Hall–Kier alpha value is -2.91. The Morgan fingerprint density at radius 3 is 2.79 bits per heavy atom. The number of hydrogen-bond donors (Lipinski definition) is 1. The fourth-order valence-electron chi connectivity index (χ4n) is 2.82. The number of aromatic nitrogens is 2. The molecule has 1 heterocycles. The number of para-hydroxylation sites is 1. The molecule has 146 valence electrons. The highest BCUT2D eigenvalue weighted by Gasteiger charge is 2.15. The summed E-state index contributed by atoms with van der Waals surface area (Å²) in [7, 11) is 1.50. The SMILES string of the molecule is COc1ccc([N+](=O)[O-])cc1CSc1nc2ccccc2c(=O)n1CCCO. The van der Waals surface area contributed by atoms with Crippen LogP contribution < -0.4 is 10.3 Å². The van der Waals surface area contributed by atoms with Crippen molar-refractivity contribution in [2.24, 2.45) is 0 Å². The van der Waals surface area contributed by atoms with Gasteiger partial charge in [0.25, 0.3) is 11.2 Å². The number of nitro benzene ring substituents is 1. The molecule has 28 heavy (non-hydrogen) atoms.